The molecule has 4 heteroatoms. The molecule has 84 valence electrons. The van der Waals surface area contributed by atoms with Crippen molar-refractivity contribution in [1.29, 1.82) is 0 Å². The zero-order valence-electron chi connectivity index (χ0n) is 9.75. The SMILES string of the molecule is C=N/C(NCCC)=C(C)/C=N\N/C=C\C. The third-order valence-electron chi connectivity index (χ3n) is 1.65. The van der Waals surface area contributed by atoms with Gasteiger partial charge >= 0.3 is 0 Å². The van der Waals surface area contributed by atoms with Crippen LogP contribution in [0.1, 0.15) is 27.2 Å². The molecule has 0 rings (SSSR count). The molecular weight excluding hydrogens is 188 g/mol. The van der Waals surface area contributed by atoms with Crippen LogP contribution in [0.2, 0.25) is 0 Å². The van der Waals surface area contributed by atoms with E-state index in [2.05, 4.69) is 34.5 Å². The van der Waals surface area contributed by atoms with Gasteiger partial charge in [-0.3, -0.25) is 5.43 Å². The van der Waals surface area contributed by atoms with Gasteiger partial charge in [0.2, 0.25) is 0 Å². The molecule has 0 heterocycles. The molecule has 0 amide bonds. The van der Waals surface area contributed by atoms with Crippen molar-refractivity contribution in [2.45, 2.75) is 27.2 Å². The molecule has 0 aromatic rings. The molecule has 15 heavy (non-hydrogen) atoms. The van der Waals surface area contributed by atoms with E-state index in [0.29, 0.717) is 0 Å². The summed E-state index contributed by atoms with van der Waals surface area (Å²) >= 11 is 0. The second-order valence-corrected chi connectivity index (χ2v) is 3.00. The van der Waals surface area contributed by atoms with Gasteiger partial charge in [-0.05, 0) is 27.0 Å². The van der Waals surface area contributed by atoms with Gasteiger partial charge in [0.25, 0.3) is 0 Å². The Morgan fingerprint density at radius 3 is 2.73 bits per heavy atom. The Bertz CT molecular complexity index is 264. The third kappa shape index (κ3) is 6.49. The fourth-order valence-electron chi connectivity index (χ4n) is 0.876. The van der Waals surface area contributed by atoms with Gasteiger partial charge in [0.05, 0.1) is 6.21 Å². The molecular formula is C11H20N4. The molecule has 2 N–H and O–H groups in total. The fraction of sp³-hybridized carbons (Fsp3) is 0.455. The Hall–Kier alpha value is -1.58. The van der Waals surface area contributed by atoms with E-state index < -0.39 is 0 Å². The third-order valence-corrected chi connectivity index (χ3v) is 1.65. The van der Waals surface area contributed by atoms with Crippen LogP contribution in [-0.4, -0.2) is 19.5 Å². The zero-order valence-corrected chi connectivity index (χ0v) is 9.75. The van der Waals surface area contributed by atoms with Crippen molar-refractivity contribution < 1.29 is 0 Å². The van der Waals surface area contributed by atoms with E-state index >= 15 is 0 Å². The minimum absolute atomic E-state index is 0.780. The maximum Gasteiger partial charge on any atom is 0.129 e. The molecule has 0 saturated carbocycles. The van der Waals surface area contributed by atoms with E-state index in [9.17, 15) is 0 Å². The average Bonchev–Trinajstić information content (AvgIpc) is 2.25. The molecule has 0 aliphatic heterocycles. The van der Waals surface area contributed by atoms with Crippen LogP contribution < -0.4 is 10.7 Å². The van der Waals surface area contributed by atoms with Crippen molar-refractivity contribution in [3.8, 4) is 0 Å². The Morgan fingerprint density at radius 1 is 1.47 bits per heavy atom. The maximum atomic E-state index is 3.99. The largest absolute Gasteiger partial charge is 0.370 e. The van der Waals surface area contributed by atoms with E-state index in [1.165, 1.54) is 0 Å². The van der Waals surface area contributed by atoms with Crippen LogP contribution in [-0.2, 0) is 0 Å². The quantitative estimate of drug-likeness (QED) is 0.497. The van der Waals surface area contributed by atoms with Crippen LogP contribution in [0, 0.1) is 0 Å². The first-order valence-electron chi connectivity index (χ1n) is 5.07. The second-order valence-electron chi connectivity index (χ2n) is 3.00. The van der Waals surface area contributed by atoms with Crippen LogP contribution in [0.4, 0.5) is 0 Å². The Labute approximate surface area is 91.9 Å². The highest BCUT2D eigenvalue weighted by Gasteiger charge is 1.95. The number of hydrazone groups is 1. The minimum atomic E-state index is 0.780. The summed E-state index contributed by atoms with van der Waals surface area (Å²) in [5.74, 6) is 0.780. The summed E-state index contributed by atoms with van der Waals surface area (Å²) in [4.78, 5) is 3.91. The monoisotopic (exact) mass is 208 g/mol. The molecule has 0 bridgehead atoms. The zero-order chi connectivity index (χ0) is 11.5. The van der Waals surface area contributed by atoms with Crippen molar-refractivity contribution in [3.63, 3.8) is 0 Å². The van der Waals surface area contributed by atoms with Crippen molar-refractivity contribution in [1.82, 2.24) is 10.7 Å². The van der Waals surface area contributed by atoms with Gasteiger partial charge in [-0.2, -0.15) is 5.10 Å². The van der Waals surface area contributed by atoms with Crippen molar-refractivity contribution >= 4 is 12.9 Å². The lowest BCUT2D eigenvalue weighted by Gasteiger charge is -2.05. The molecule has 0 unspecified atom stereocenters. The summed E-state index contributed by atoms with van der Waals surface area (Å²) in [5.41, 5.74) is 3.72. The molecule has 0 aliphatic carbocycles. The van der Waals surface area contributed by atoms with E-state index in [4.69, 9.17) is 0 Å². The van der Waals surface area contributed by atoms with Gasteiger partial charge in [0.15, 0.2) is 0 Å². The van der Waals surface area contributed by atoms with Crippen LogP contribution in [0.25, 0.3) is 0 Å². The summed E-state index contributed by atoms with van der Waals surface area (Å²) < 4.78 is 0. The highest BCUT2D eigenvalue weighted by molar-refractivity contribution is 5.78. The number of rotatable bonds is 7. The van der Waals surface area contributed by atoms with Gasteiger partial charge in [0, 0.05) is 18.3 Å². The average molecular weight is 208 g/mol. The number of allylic oxidation sites excluding steroid dienone is 2. The number of aliphatic imine (C=N–C) groups is 1. The molecule has 0 radical (unpaired) electrons. The fourth-order valence-corrected chi connectivity index (χ4v) is 0.876. The van der Waals surface area contributed by atoms with E-state index in [1.807, 2.05) is 19.9 Å². The van der Waals surface area contributed by atoms with E-state index in [1.54, 1.807) is 12.4 Å². The molecule has 4 nitrogen and oxygen atoms in total. The Balaban J connectivity index is 4.30. The number of hydrogen-bond donors (Lipinski definition) is 2. The first kappa shape index (κ1) is 13.4. The predicted octanol–water partition coefficient (Wildman–Crippen LogP) is 2.03. The van der Waals surface area contributed by atoms with Gasteiger partial charge < -0.3 is 5.32 Å². The van der Waals surface area contributed by atoms with E-state index in [-0.39, 0.29) is 0 Å². The van der Waals surface area contributed by atoms with Crippen LogP contribution in [0.5, 0.6) is 0 Å². The number of nitrogens with one attached hydrogen (secondary N) is 2. The normalized spacial score (nSPS) is 13.0. The smallest absolute Gasteiger partial charge is 0.129 e. The number of nitrogens with zero attached hydrogens (tertiary/aromatic N) is 2. The lowest BCUT2D eigenvalue weighted by molar-refractivity contribution is 0.758. The number of hydrogen-bond acceptors (Lipinski definition) is 4. The molecule has 0 saturated heterocycles. The summed E-state index contributed by atoms with van der Waals surface area (Å²) in [6.45, 7) is 10.4. The topological polar surface area (TPSA) is 48.8 Å². The lowest BCUT2D eigenvalue weighted by Crippen LogP contribution is -2.14. The van der Waals surface area contributed by atoms with Crippen LogP contribution in [0.15, 0.2) is 33.8 Å². The molecule has 0 spiro atoms. The predicted molar refractivity (Wildman–Crippen MR) is 67.0 cm³/mol. The molecule has 0 fully saturated rings. The lowest BCUT2D eigenvalue weighted by atomic mass is 10.3. The summed E-state index contributed by atoms with van der Waals surface area (Å²) in [5, 5.41) is 7.16. The molecule has 0 aliphatic rings. The first-order chi connectivity index (χ1) is 7.26. The van der Waals surface area contributed by atoms with Crippen LogP contribution >= 0.6 is 0 Å². The van der Waals surface area contributed by atoms with Crippen molar-refractivity contribution in [2.75, 3.05) is 6.54 Å². The molecule has 0 atom stereocenters. The van der Waals surface area contributed by atoms with Gasteiger partial charge in [-0.15, -0.1) is 0 Å². The first-order valence-corrected chi connectivity index (χ1v) is 5.07. The van der Waals surface area contributed by atoms with Crippen molar-refractivity contribution in [3.05, 3.63) is 23.7 Å². The van der Waals surface area contributed by atoms with Crippen molar-refractivity contribution in [2.24, 2.45) is 10.1 Å². The van der Waals surface area contributed by atoms with Gasteiger partial charge in [0.1, 0.15) is 5.82 Å². The highest BCUT2D eigenvalue weighted by atomic mass is 15.3. The van der Waals surface area contributed by atoms with Gasteiger partial charge in [-0.25, -0.2) is 4.99 Å². The Kier molecular flexibility index (Phi) is 8.05. The second kappa shape index (κ2) is 8.99. The molecule has 0 aromatic carbocycles. The maximum absolute atomic E-state index is 3.99. The summed E-state index contributed by atoms with van der Waals surface area (Å²) in [6, 6.07) is 0. The summed E-state index contributed by atoms with van der Waals surface area (Å²) in [6.07, 6.45) is 6.40. The summed E-state index contributed by atoms with van der Waals surface area (Å²) in [7, 11) is 0. The Morgan fingerprint density at radius 2 is 2.20 bits per heavy atom. The standard InChI is InChI=1S/C11H20N4/c1-5-7-13-11(12-4)10(3)9-15-14-8-6-2/h6,8-9,13-14H,4-5,7H2,1-3H3/b8-6-,11-10-,15-9-. The minimum Gasteiger partial charge on any atom is -0.370 e. The van der Waals surface area contributed by atoms with Gasteiger partial charge in [-0.1, -0.05) is 13.0 Å². The highest BCUT2D eigenvalue weighted by Crippen LogP contribution is 1.98. The molecule has 0 aromatic heterocycles. The van der Waals surface area contributed by atoms with E-state index in [0.717, 1.165) is 24.4 Å². The van der Waals surface area contributed by atoms with Crippen LogP contribution in [0.3, 0.4) is 0 Å².